The van der Waals surface area contributed by atoms with Crippen LogP contribution in [0.1, 0.15) is 43.3 Å². The third-order valence-corrected chi connectivity index (χ3v) is 2.99. The summed E-state index contributed by atoms with van der Waals surface area (Å²) in [5, 5.41) is 1.22. The van der Waals surface area contributed by atoms with Crippen LogP contribution < -0.4 is 0 Å². The van der Waals surface area contributed by atoms with Crippen molar-refractivity contribution in [1.82, 2.24) is 14.5 Å². The second kappa shape index (κ2) is 4.09. The van der Waals surface area contributed by atoms with Crippen LogP contribution in [0, 0.1) is 0 Å². The maximum atomic E-state index is 4.55. The molecule has 0 amide bonds. The van der Waals surface area contributed by atoms with E-state index >= 15 is 0 Å². The van der Waals surface area contributed by atoms with Crippen molar-refractivity contribution < 1.29 is 0 Å². The van der Waals surface area contributed by atoms with Crippen LogP contribution in [-0.4, -0.2) is 14.5 Å². The Kier molecular flexibility index (Phi) is 2.93. The Labute approximate surface area is 101 Å². The molecule has 0 spiro atoms. The molecule has 0 N–H and O–H groups in total. The highest BCUT2D eigenvalue weighted by atomic mass is 32.1. The van der Waals surface area contributed by atoms with Crippen molar-refractivity contribution in [1.29, 1.82) is 0 Å². The standard InChI is InChI=1S/C12H17N3S/c1-7(2)10-6-15(4)12-9(10)5-13-11(14-12)8(3)16/h5-8,16H,1-4H3. The van der Waals surface area contributed by atoms with Crippen molar-refractivity contribution in [3.63, 3.8) is 0 Å². The van der Waals surface area contributed by atoms with E-state index in [1.807, 2.05) is 20.2 Å². The maximum absolute atomic E-state index is 4.55. The van der Waals surface area contributed by atoms with E-state index in [1.54, 1.807) is 0 Å². The molecule has 2 aromatic rings. The summed E-state index contributed by atoms with van der Waals surface area (Å²) in [5.74, 6) is 1.28. The van der Waals surface area contributed by atoms with Gasteiger partial charge in [0.25, 0.3) is 0 Å². The number of aromatic nitrogens is 3. The van der Waals surface area contributed by atoms with E-state index in [0.29, 0.717) is 5.92 Å². The quantitative estimate of drug-likeness (QED) is 0.811. The Morgan fingerprint density at radius 2 is 2.00 bits per heavy atom. The first-order chi connectivity index (χ1) is 7.50. The number of hydrogen-bond donors (Lipinski definition) is 1. The minimum absolute atomic E-state index is 0.0711. The van der Waals surface area contributed by atoms with Crippen molar-refractivity contribution >= 4 is 23.7 Å². The van der Waals surface area contributed by atoms with Crippen molar-refractivity contribution in [3.05, 3.63) is 23.8 Å². The van der Waals surface area contributed by atoms with Crippen LogP contribution in [0.2, 0.25) is 0 Å². The SMILES string of the molecule is CC(C)c1cn(C)c2nc(C(C)S)ncc12. The number of hydrogen-bond acceptors (Lipinski definition) is 3. The van der Waals surface area contributed by atoms with Gasteiger partial charge in [0.1, 0.15) is 11.5 Å². The van der Waals surface area contributed by atoms with E-state index < -0.39 is 0 Å². The predicted octanol–water partition coefficient (Wildman–Crippen LogP) is 3.08. The van der Waals surface area contributed by atoms with Gasteiger partial charge in [0.15, 0.2) is 0 Å². The number of nitrogens with zero attached hydrogens (tertiary/aromatic N) is 3. The predicted molar refractivity (Wildman–Crippen MR) is 70.0 cm³/mol. The molecule has 2 aromatic heterocycles. The molecule has 16 heavy (non-hydrogen) atoms. The number of fused-ring (bicyclic) bond motifs is 1. The molecule has 0 aliphatic carbocycles. The zero-order chi connectivity index (χ0) is 11.9. The van der Waals surface area contributed by atoms with Crippen molar-refractivity contribution in [2.45, 2.75) is 31.9 Å². The van der Waals surface area contributed by atoms with E-state index in [9.17, 15) is 0 Å². The minimum Gasteiger partial charge on any atom is -0.335 e. The normalized spacial score (nSPS) is 13.6. The fourth-order valence-electron chi connectivity index (χ4n) is 1.86. The van der Waals surface area contributed by atoms with Gasteiger partial charge in [0.05, 0.1) is 5.25 Å². The molecule has 2 rings (SSSR count). The van der Waals surface area contributed by atoms with Gasteiger partial charge in [-0.2, -0.15) is 12.6 Å². The fourth-order valence-corrected chi connectivity index (χ4v) is 1.98. The van der Waals surface area contributed by atoms with Crippen LogP contribution in [0.4, 0.5) is 0 Å². The molecule has 0 fully saturated rings. The second-order valence-corrected chi connectivity index (χ2v) is 5.27. The van der Waals surface area contributed by atoms with Crippen molar-refractivity contribution in [2.24, 2.45) is 7.05 Å². The molecule has 0 aliphatic rings. The summed E-state index contributed by atoms with van der Waals surface area (Å²) < 4.78 is 2.06. The first kappa shape index (κ1) is 11.5. The Hall–Kier alpha value is -1.03. The lowest BCUT2D eigenvalue weighted by atomic mass is 10.1. The monoisotopic (exact) mass is 235 g/mol. The van der Waals surface area contributed by atoms with E-state index in [1.165, 1.54) is 5.56 Å². The molecule has 4 heteroatoms. The average Bonchev–Trinajstić information content (AvgIpc) is 2.56. The molecule has 3 nitrogen and oxygen atoms in total. The zero-order valence-corrected chi connectivity index (χ0v) is 11.0. The molecule has 0 aliphatic heterocycles. The van der Waals surface area contributed by atoms with Gasteiger partial charge in [0, 0.05) is 24.8 Å². The number of thiol groups is 1. The van der Waals surface area contributed by atoms with Crippen LogP contribution in [0.5, 0.6) is 0 Å². The Balaban J connectivity index is 2.67. The highest BCUT2D eigenvalue weighted by Crippen LogP contribution is 2.26. The average molecular weight is 235 g/mol. The van der Waals surface area contributed by atoms with Gasteiger partial charge < -0.3 is 4.57 Å². The molecule has 86 valence electrons. The van der Waals surface area contributed by atoms with Crippen LogP contribution in [0.15, 0.2) is 12.4 Å². The third-order valence-electron chi connectivity index (χ3n) is 2.76. The number of aryl methyl sites for hydroxylation is 1. The Morgan fingerprint density at radius 3 is 2.56 bits per heavy atom. The van der Waals surface area contributed by atoms with E-state index in [2.05, 4.69) is 47.2 Å². The maximum Gasteiger partial charge on any atom is 0.143 e. The summed E-state index contributed by atoms with van der Waals surface area (Å²) in [5.41, 5.74) is 2.30. The molecule has 0 saturated carbocycles. The Bertz CT molecular complexity index is 514. The summed E-state index contributed by atoms with van der Waals surface area (Å²) in [6, 6.07) is 0. The summed E-state index contributed by atoms with van der Waals surface area (Å²) in [7, 11) is 2.02. The minimum atomic E-state index is 0.0711. The molecule has 0 bridgehead atoms. The topological polar surface area (TPSA) is 30.7 Å². The van der Waals surface area contributed by atoms with Crippen LogP contribution >= 0.6 is 12.6 Å². The molecule has 1 atom stereocenters. The first-order valence-electron chi connectivity index (χ1n) is 5.50. The van der Waals surface area contributed by atoms with Crippen molar-refractivity contribution in [2.75, 3.05) is 0 Å². The molecular weight excluding hydrogens is 218 g/mol. The van der Waals surface area contributed by atoms with Gasteiger partial charge >= 0.3 is 0 Å². The lowest BCUT2D eigenvalue weighted by molar-refractivity contribution is 0.854. The van der Waals surface area contributed by atoms with Crippen LogP contribution in [0.25, 0.3) is 11.0 Å². The van der Waals surface area contributed by atoms with Crippen LogP contribution in [0.3, 0.4) is 0 Å². The molecule has 0 radical (unpaired) electrons. The van der Waals surface area contributed by atoms with Crippen molar-refractivity contribution in [3.8, 4) is 0 Å². The highest BCUT2D eigenvalue weighted by molar-refractivity contribution is 7.80. The molecule has 0 saturated heterocycles. The summed E-state index contributed by atoms with van der Waals surface area (Å²) in [4.78, 5) is 8.91. The zero-order valence-electron chi connectivity index (χ0n) is 10.1. The lowest BCUT2D eigenvalue weighted by Crippen LogP contribution is -1.97. The van der Waals surface area contributed by atoms with E-state index in [0.717, 1.165) is 16.9 Å². The summed E-state index contributed by atoms with van der Waals surface area (Å²) >= 11 is 4.36. The Morgan fingerprint density at radius 1 is 1.31 bits per heavy atom. The van der Waals surface area contributed by atoms with Gasteiger partial charge in [-0.05, 0) is 18.4 Å². The first-order valence-corrected chi connectivity index (χ1v) is 6.02. The smallest absolute Gasteiger partial charge is 0.143 e. The van der Waals surface area contributed by atoms with Gasteiger partial charge in [-0.25, -0.2) is 9.97 Å². The molecule has 1 unspecified atom stereocenters. The lowest BCUT2D eigenvalue weighted by Gasteiger charge is -2.04. The van der Waals surface area contributed by atoms with Gasteiger partial charge in [-0.1, -0.05) is 13.8 Å². The van der Waals surface area contributed by atoms with Gasteiger partial charge in [-0.15, -0.1) is 0 Å². The largest absolute Gasteiger partial charge is 0.335 e. The van der Waals surface area contributed by atoms with Gasteiger partial charge in [-0.3, -0.25) is 0 Å². The third kappa shape index (κ3) is 1.82. The summed E-state index contributed by atoms with van der Waals surface area (Å²) in [6.07, 6.45) is 4.05. The van der Waals surface area contributed by atoms with E-state index in [-0.39, 0.29) is 5.25 Å². The fraction of sp³-hybridized carbons (Fsp3) is 0.500. The molecular formula is C12H17N3S. The second-order valence-electron chi connectivity index (χ2n) is 4.49. The molecule has 2 heterocycles. The van der Waals surface area contributed by atoms with E-state index in [4.69, 9.17) is 0 Å². The highest BCUT2D eigenvalue weighted by Gasteiger charge is 2.13. The van der Waals surface area contributed by atoms with Crippen LogP contribution in [-0.2, 0) is 7.05 Å². The molecule has 0 aromatic carbocycles. The summed E-state index contributed by atoms with van der Waals surface area (Å²) in [6.45, 7) is 6.35. The van der Waals surface area contributed by atoms with Gasteiger partial charge in [0.2, 0.25) is 0 Å². The number of rotatable bonds is 2.